The van der Waals surface area contributed by atoms with E-state index in [1.54, 1.807) is 0 Å². The van der Waals surface area contributed by atoms with Crippen LogP contribution in [0, 0.1) is 0 Å². The zero-order chi connectivity index (χ0) is 99.4. The summed E-state index contributed by atoms with van der Waals surface area (Å²) in [6, 6.07) is 175. The predicted octanol–water partition coefficient (Wildman–Crippen LogP) is 34.4. The molecule has 0 atom stereocenters. The van der Waals surface area contributed by atoms with Crippen LogP contribution < -0.4 is 0 Å². The number of hydrogen-bond donors (Lipinski definition) is 0. The van der Waals surface area contributed by atoms with E-state index < -0.39 is 5.41 Å². The Bertz CT molecular complexity index is 9160. The van der Waals surface area contributed by atoms with Crippen molar-refractivity contribution in [1.82, 2.24) is 44.9 Å². The Kier molecular flexibility index (Phi) is 22.0. The van der Waals surface area contributed by atoms with Crippen molar-refractivity contribution in [2.24, 2.45) is 0 Å². The Morgan fingerprint density at radius 1 is 0.135 bits per heavy atom. The van der Waals surface area contributed by atoms with Crippen LogP contribution in [0.1, 0.15) is 97.2 Å². The van der Waals surface area contributed by atoms with Gasteiger partial charge in [0.1, 0.15) is 0 Å². The standard InChI is InChI=1S/C59H41N3.2C40H29N3/c1-58(2)51-27-14-12-24-47(51)50-36-35-45-44(25-16-26-49(45)54(50)58)38-29-31-40(32-30-38)56-60-55(39-17-6-3-7-18-39)61-57(62-56)41-33-34-48-46-23-13-15-28-52(46)59(53(48)37-41,42-19-8-4-9-20-42)43-21-10-5-11-22-43;1-40(2)35-19-10-9-18-32(35)33-23-22-26-20-21-30(25-34(26)36(33)40)29-16-11-17-31(24-29)39-42-37(27-12-5-3-6-13-27)41-38(43-39)28-14-7-4-8-15-28;1-40(2)35-16-10-9-15-32(35)33-24-23-27-19-22-31(25-34(27)36(33)40)26-17-20-30(21-18-26)39-42-37(28-11-5-3-6-12-28)41-38(43-39)29-13-7-4-8-14-29/h3-37H,1-2H3;2*3-25H,1-2H3. The lowest BCUT2D eigenvalue weighted by Crippen LogP contribution is -2.28. The molecule has 4 aliphatic rings. The van der Waals surface area contributed by atoms with E-state index in [1.807, 2.05) is 140 Å². The van der Waals surface area contributed by atoms with Gasteiger partial charge in [-0.15, -0.1) is 0 Å². The molecule has 21 aromatic carbocycles. The van der Waals surface area contributed by atoms with Gasteiger partial charge in [-0.3, -0.25) is 0 Å². The first-order valence-electron chi connectivity index (χ1n) is 50.9. The maximum absolute atomic E-state index is 5.27. The normalized spacial score (nSPS) is 13.4. The number of benzene rings is 21. The van der Waals surface area contributed by atoms with E-state index in [-0.39, 0.29) is 16.2 Å². The third-order valence-corrected chi connectivity index (χ3v) is 30.8. The van der Waals surface area contributed by atoms with Gasteiger partial charge in [-0.25, -0.2) is 44.9 Å². The van der Waals surface area contributed by atoms with Gasteiger partial charge >= 0.3 is 0 Å². The third-order valence-electron chi connectivity index (χ3n) is 30.8. The molecule has 0 unspecified atom stereocenters. The second-order valence-electron chi connectivity index (χ2n) is 40.5. The highest BCUT2D eigenvalue weighted by Gasteiger charge is 2.47. The summed E-state index contributed by atoms with van der Waals surface area (Å²) < 4.78 is 0. The molecule has 148 heavy (non-hydrogen) atoms. The third kappa shape index (κ3) is 15.4. The van der Waals surface area contributed by atoms with Crippen molar-refractivity contribution in [3.05, 3.63) is 547 Å². The number of nitrogens with zero attached hydrogens (tertiary/aromatic N) is 9. The zero-order valence-electron chi connectivity index (χ0n) is 82.8. The van der Waals surface area contributed by atoms with Gasteiger partial charge in [0.25, 0.3) is 0 Å². The molecule has 0 amide bonds. The van der Waals surface area contributed by atoms with Crippen LogP contribution in [0.3, 0.4) is 0 Å². The van der Waals surface area contributed by atoms with Crippen molar-refractivity contribution < 1.29 is 0 Å². The molecule has 3 heterocycles. The fourth-order valence-electron chi connectivity index (χ4n) is 23.8. The fourth-order valence-corrected chi connectivity index (χ4v) is 23.8. The van der Waals surface area contributed by atoms with Crippen molar-refractivity contribution in [3.8, 4) is 180 Å². The Morgan fingerprint density at radius 3 is 0.777 bits per heavy atom. The van der Waals surface area contributed by atoms with E-state index in [0.29, 0.717) is 52.4 Å². The van der Waals surface area contributed by atoms with Crippen LogP contribution in [0.5, 0.6) is 0 Å². The second-order valence-corrected chi connectivity index (χ2v) is 40.5. The predicted molar refractivity (Wildman–Crippen MR) is 607 cm³/mol. The summed E-state index contributed by atoms with van der Waals surface area (Å²) in [6.45, 7) is 14.1. The highest BCUT2D eigenvalue weighted by Crippen LogP contribution is 2.59. The lowest BCUT2D eigenvalue weighted by Gasteiger charge is -2.34. The maximum atomic E-state index is 5.27. The minimum absolute atomic E-state index is 0.0560. The first-order chi connectivity index (χ1) is 72.6. The summed E-state index contributed by atoms with van der Waals surface area (Å²) in [5.41, 5.74) is 38.7. The molecule has 0 bridgehead atoms. The average molecular weight is 1900 g/mol. The summed E-state index contributed by atoms with van der Waals surface area (Å²) in [6.07, 6.45) is 0. The Hall–Kier alpha value is -18.6. The molecule has 0 fully saturated rings. The summed E-state index contributed by atoms with van der Waals surface area (Å²) in [5, 5.41) is 7.72. The molecular weight excluding hydrogens is 1800 g/mol. The van der Waals surface area contributed by atoms with Gasteiger partial charge in [0, 0.05) is 66.3 Å². The first kappa shape index (κ1) is 89.5. The van der Waals surface area contributed by atoms with Gasteiger partial charge in [-0.2, -0.15) is 0 Å². The average Bonchev–Trinajstić information content (AvgIpc) is 1.62. The van der Waals surface area contributed by atoms with Crippen LogP contribution >= 0.6 is 0 Å². The van der Waals surface area contributed by atoms with Crippen molar-refractivity contribution in [2.75, 3.05) is 0 Å². The summed E-state index contributed by atoms with van der Waals surface area (Å²) in [4.78, 5) is 45.0. The molecule has 0 aliphatic heterocycles. The molecule has 9 nitrogen and oxygen atoms in total. The highest BCUT2D eigenvalue weighted by molar-refractivity contribution is 6.06. The van der Waals surface area contributed by atoms with Crippen molar-refractivity contribution >= 4 is 32.3 Å². The maximum Gasteiger partial charge on any atom is 0.164 e. The smallest absolute Gasteiger partial charge is 0.164 e. The van der Waals surface area contributed by atoms with Crippen LogP contribution in [0.25, 0.3) is 213 Å². The molecule has 0 saturated heterocycles. The van der Waals surface area contributed by atoms with Crippen molar-refractivity contribution in [3.63, 3.8) is 0 Å². The van der Waals surface area contributed by atoms with E-state index in [0.717, 1.165) is 66.8 Å². The van der Waals surface area contributed by atoms with Gasteiger partial charge in [0.15, 0.2) is 52.4 Å². The van der Waals surface area contributed by atoms with Crippen LogP contribution in [-0.2, 0) is 21.7 Å². The number of rotatable bonds is 14. The number of aromatic nitrogens is 9. The highest BCUT2D eigenvalue weighted by atomic mass is 15.1. The van der Waals surface area contributed by atoms with Gasteiger partial charge in [0.2, 0.25) is 0 Å². The van der Waals surface area contributed by atoms with E-state index >= 15 is 0 Å². The molecule has 0 saturated carbocycles. The van der Waals surface area contributed by atoms with E-state index in [9.17, 15) is 0 Å². The molecule has 24 aromatic rings. The van der Waals surface area contributed by atoms with E-state index in [2.05, 4.69) is 393 Å². The van der Waals surface area contributed by atoms with Gasteiger partial charge in [0.05, 0.1) is 5.41 Å². The van der Waals surface area contributed by atoms with Gasteiger partial charge in [-0.1, -0.05) is 509 Å². The second kappa shape index (κ2) is 36.4. The quantitative estimate of drug-likeness (QED) is 0.105. The van der Waals surface area contributed by atoms with Crippen LogP contribution in [0.2, 0.25) is 0 Å². The molecule has 3 aromatic heterocycles. The van der Waals surface area contributed by atoms with Crippen LogP contribution in [0.4, 0.5) is 0 Å². The minimum atomic E-state index is -0.528. The molecule has 700 valence electrons. The lowest BCUT2D eigenvalue weighted by molar-refractivity contribution is 0.666. The Morgan fingerprint density at radius 2 is 0.378 bits per heavy atom. The summed E-state index contributed by atoms with van der Waals surface area (Å²) >= 11 is 0. The number of fused-ring (bicyclic) bond motifs is 18. The SMILES string of the molecule is CC1(C)c2ccccc2-c2ccc3c(-c4ccc(-c5nc(-c6ccccc6)nc(-c6ccc7c(c6)C(c6ccccc6)(c6ccccc6)c6ccccc6-7)n5)cc4)cccc3c21.CC1(C)c2ccccc2-c2ccc3ccc(-c4ccc(-c5nc(-c6ccccc6)nc(-c6ccccc6)n5)cc4)cc3c21.CC1(C)c2ccccc2-c2ccc3ccc(-c4cccc(-c5nc(-c6ccccc6)nc(-c6ccccc6)n5)c4)cc3c21. The van der Waals surface area contributed by atoms with Crippen molar-refractivity contribution in [1.29, 1.82) is 0 Å². The van der Waals surface area contributed by atoms with E-state index in [4.69, 9.17) is 44.9 Å². The van der Waals surface area contributed by atoms with E-state index in [1.165, 1.54) is 149 Å². The Labute approximate surface area is 861 Å². The summed E-state index contributed by atoms with van der Waals surface area (Å²) in [5.74, 6) is 5.90. The van der Waals surface area contributed by atoms with Gasteiger partial charge < -0.3 is 0 Å². The molecule has 4 aliphatic carbocycles. The fraction of sp³-hybridized carbons (Fsp3) is 0.0719. The lowest BCUT2D eigenvalue weighted by atomic mass is 9.67. The topological polar surface area (TPSA) is 116 Å². The number of hydrogen-bond acceptors (Lipinski definition) is 9. The molecule has 0 N–H and O–H groups in total. The first-order valence-corrected chi connectivity index (χ1v) is 50.9. The Balaban J connectivity index is 0.000000115. The monoisotopic (exact) mass is 1890 g/mol. The molecular formula is C139H99N9. The van der Waals surface area contributed by atoms with Crippen LogP contribution in [-0.4, -0.2) is 44.9 Å². The van der Waals surface area contributed by atoms with Gasteiger partial charge in [-0.05, 0) is 190 Å². The molecule has 0 spiro atoms. The molecule has 0 radical (unpaired) electrons. The zero-order valence-corrected chi connectivity index (χ0v) is 82.8. The largest absolute Gasteiger partial charge is 0.208 e. The van der Waals surface area contributed by atoms with Crippen LogP contribution in [0.15, 0.2) is 491 Å². The molecule has 28 rings (SSSR count). The summed E-state index contributed by atoms with van der Waals surface area (Å²) in [7, 11) is 0. The van der Waals surface area contributed by atoms with Crippen molar-refractivity contribution in [2.45, 2.75) is 63.2 Å². The molecule has 9 heteroatoms. The minimum Gasteiger partial charge on any atom is -0.208 e.